The van der Waals surface area contributed by atoms with Crippen LogP contribution in [-0.2, 0) is 4.79 Å². The Balaban J connectivity index is 3.90. The molecule has 48 valence electrons. The zero-order valence-corrected chi connectivity index (χ0v) is 5.22. The molecule has 0 aliphatic heterocycles. The summed E-state index contributed by atoms with van der Waals surface area (Å²) in [5.74, 6) is 0. The van der Waals surface area contributed by atoms with Gasteiger partial charge in [0.15, 0.2) is 0 Å². The Morgan fingerprint density at radius 2 is 1.88 bits per heavy atom. The summed E-state index contributed by atoms with van der Waals surface area (Å²) in [5.41, 5.74) is 9.87. The number of hydrogen-bond donors (Lipinski definition) is 2. The van der Waals surface area contributed by atoms with E-state index in [2.05, 4.69) is 0 Å². The number of rotatable bonds is 2. The van der Waals surface area contributed by atoms with Gasteiger partial charge in [0.2, 0.25) is 0 Å². The first kappa shape index (κ1) is 7.59. The molecular formula is C5H12N2O. The number of hydrogen-bond acceptors (Lipinski definition) is 3. The third kappa shape index (κ3) is 1.60. The van der Waals surface area contributed by atoms with Gasteiger partial charge < -0.3 is 16.3 Å². The highest BCUT2D eigenvalue weighted by molar-refractivity contribution is 5.58. The monoisotopic (exact) mass is 116 g/mol. The second-order valence-corrected chi connectivity index (χ2v) is 2.47. The maximum absolute atomic E-state index is 10.1. The van der Waals surface area contributed by atoms with Gasteiger partial charge in [-0.15, -0.1) is 0 Å². The topological polar surface area (TPSA) is 69.1 Å². The van der Waals surface area contributed by atoms with Gasteiger partial charge in [-0.25, -0.2) is 0 Å². The molecule has 0 unspecified atom stereocenters. The molecule has 3 heteroatoms. The van der Waals surface area contributed by atoms with Gasteiger partial charge in [0.25, 0.3) is 0 Å². The van der Waals surface area contributed by atoms with Crippen molar-refractivity contribution in [1.82, 2.24) is 0 Å². The molecule has 4 N–H and O–H groups in total. The molecule has 0 aromatic heterocycles. The Labute approximate surface area is 49.0 Å². The number of carbonyl (C=O) groups excluding carboxylic acids is 1. The molecule has 0 aliphatic rings. The maximum Gasteiger partial charge on any atom is 0.128 e. The van der Waals surface area contributed by atoms with E-state index >= 15 is 0 Å². The Morgan fingerprint density at radius 3 is 1.88 bits per heavy atom. The minimum Gasteiger partial charge on any atom is -0.315 e. The summed E-state index contributed by atoms with van der Waals surface area (Å²) < 4.78 is 0. The van der Waals surface area contributed by atoms with E-state index in [1.807, 2.05) is 0 Å². The molecule has 0 saturated carbocycles. The Kier molecular flexibility index (Phi) is 2.12. The summed E-state index contributed by atoms with van der Waals surface area (Å²) in [5, 5.41) is 0. The molecular weight excluding hydrogens is 104 g/mol. The standard InChI is InChI=1S/C5H12N2O/c1-5(2,3-8)4(6)7/h3-4H,6-7H2,1-2H3. The predicted molar refractivity (Wildman–Crippen MR) is 32.0 cm³/mol. The van der Waals surface area contributed by atoms with Crippen LogP contribution in [0, 0.1) is 5.41 Å². The lowest BCUT2D eigenvalue weighted by atomic mass is 9.93. The largest absolute Gasteiger partial charge is 0.315 e. The molecule has 0 amide bonds. The minimum absolute atomic E-state index is 0.556. The average molecular weight is 116 g/mol. The zero-order chi connectivity index (χ0) is 6.78. The van der Waals surface area contributed by atoms with Crippen molar-refractivity contribution in [1.29, 1.82) is 0 Å². The number of carbonyl (C=O) groups is 1. The predicted octanol–water partition coefficient (Wildman–Crippen LogP) is -0.545. The van der Waals surface area contributed by atoms with Gasteiger partial charge in [0.1, 0.15) is 6.29 Å². The molecule has 0 atom stereocenters. The fraction of sp³-hybridized carbons (Fsp3) is 0.800. The van der Waals surface area contributed by atoms with Crippen LogP contribution in [0.1, 0.15) is 13.8 Å². The average Bonchev–Trinajstić information content (AvgIpc) is 1.67. The third-order valence-electron chi connectivity index (χ3n) is 1.16. The highest BCUT2D eigenvalue weighted by atomic mass is 16.1. The van der Waals surface area contributed by atoms with Crippen molar-refractivity contribution in [3.63, 3.8) is 0 Å². The first-order chi connectivity index (χ1) is 3.50. The summed E-state index contributed by atoms with van der Waals surface area (Å²) in [6.45, 7) is 3.40. The molecule has 0 spiro atoms. The molecule has 0 aromatic carbocycles. The van der Waals surface area contributed by atoms with E-state index in [0.29, 0.717) is 0 Å². The van der Waals surface area contributed by atoms with Crippen molar-refractivity contribution in [3.8, 4) is 0 Å². The fourth-order valence-corrected chi connectivity index (χ4v) is 0.0786. The summed E-state index contributed by atoms with van der Waals surface area (Å²) in [7, 11) is 0. The van der Waals surface area contributed by atoms with Crippen LogP contribution in [-0.4, -0.2) is 12.5 Å². The SMILES string of the molecule is CC(C)(C=O)C(N)N. The smallest absolute Gasteiger partial charge is 0.128 e. The van der Waals surface area contributed by atoms with E-state index in [0.717, 1.165) is 6.29 Å². The Bertz CT molecular complexity index is 88.4. The normalized spacial score (nSPS) is 12.1. The van der Waals surface area contributed by atoms with Crippen molar-refractivity contribution in [2.45, 2.75) is 20.0 Å². The van der Waals surface area contributed by atoms with E-state index in [4.69, 9.17) is 11.5 Å². The molecule has 8 heavy (non-hydrogen) atoms. The lowest BCUT2D eigenvalue weighted by Crippen LogP contribution is -2.45. The summed E-state index contributed by atoms with van der Waals surface area (Å²) in [6, 6.07) is 0. The van der Waals surface area contributed by atoms with Crippen LogP contribution in [0.4, 0.5) is 0 Å². The van der Waals surface area contributed by atoms with Crippen LogP contribution >= 0.6 is 0 Å². The quantitative estimate of drug-likeness (QED) is 0.376. The van der Waals surface area contributed by atoms with Crippen LogP contribution < -0.4 is 11.5 Å². The van der Waals surface area contributed by atoms with Gasteiger partial charge >= 0.3 is 0 Å². The lowest BCUT2D eigenvalue weighted by molar-refractivity contribution is -0.115. The van der Waals surface area contributed by atoms with Crippen LogP contribution in [0.2, 0.25) is 0 Å². The van der Waals surface area contributed by atoms with Crippen LogP contribution in [0.25, 0.3) is 0 Å². The molecule has 0 radical (unpaired) electrons. The second-order valence-electron chi connectivity index (χ2n) is 2.47. The van der Waals surface area contributed by atoms with Crippen molar-refractivity contribution in [2.75, 3.05) is 0 Å². The van der Waals surface area contributed by atoms with Crippen molar-refractivity contribution < 1.29 is 4.79 Å². The molecule has 0 saturated heterocycles. The minimum atomic E-state index is -0.583. The molecule has 3 nitrogen and oxygen atoms in total. The van der Waals surface area contributed by atoms with E-state index < -0.39 is 11.6 Å². The maximum atomic E-state index is 10.1. The first-order valence-corrected chi connectivity index (χ1v) is 2.48. The van der Waals surface area contributed by atoms with E-state index in [1.54, 1.807) is 13.8 Å². The molecule has 0 bridgehead atoms. The fourth-order valence-electron chi connectivity index (χ4n) is 0.0786. The van der Waals surface area contributed by atoms with Crippen LogP contribution in [0.5, 0.6) is 0 Å². The zero-order valence-electron chi connectivity index (χ0n) is 5.22. The van der Waals surface area contributed by atoms with E-state index in [1.165, 1.54) is 0 Å². The number of nitrogens with two attached hydrogens (primary N) is 2. The van der Waals surface area contributed by atoms with Crippen molar-refractivity contribution >= 4 is 6.29 Å². The highest BCUT2D eigenvalue weighted by Crippen LogP contribution is 2.10. The Morgan fingerprint density at radius 1 is 1.50 bits per heavy atom. The molecule has 0 rings (SSSR count). The van der Waals surface area contributed by atoms with Gasteiger partial charge in [-0.05, 0) is 0 Å². The van der Waals surface area contributed by atoms with Gasteiger partial charge in [-0.2, -0.15) is 0 Å². The molecule has 0 heterocycles. The molecule has 0 aromatic rings. The second kappa shape index (κ2) is 2.24. The van der Waals surface area contributed by atoms with Gasteiger partial charge in [-0.1, -0.05) is 13.8 Å². The number of aldehydes is 1. The molecule has 0 fully saturated rings. The summed E-state index contributed by atoms with van der Waals surface area (Å²) >= 11 is 0. The van der Waals surface area contributed by atoms with Crippen molar-refractivity contribution in [3.05, 3.63) is 0 Å². The van der Waals surface area contributed by atoms with E-state index in [9.17, 15) is 4.79 Å². The third-order valence-corrected chi connectivity index (χ3v) is 1.16. The first-order valence-electron chi connectivity index (χ1n) is 2.48. The van der Waals surface area contributed by atoms with Crippen molar-refractivity contribution in [2.24, 2.45) is 16.9 Å². The van der Waals surface area contributed by atoms with Gasteiger partial charge in [0.05, 0.1) is 6.17 Å². The lowest BCUT2D eigenvalue weighted by Gasteiger charge is -2.20. The molecule has 0 aliphatic carbocycles. The van der Waals surface area contributed by atoms with Crippen LogP contribution in [0.15, 0.2) is 0 Å². The summed E-state index contributed by atoms with van der Waals surface area (Å²) in [4.78, 5) is 10.1. The Hall–Kier alpha value is -0.410. The van der Waals surface area contributed by atoms with E-state index in [-0.39, 0.29) is 0 Å². The van der Waals surface area contributed by atoms with Crippen LogP contribution in [0.3, 0.4) is 0 Å². The van der Waals surface area contributed by atoms with Gasteiger partial charge in [-0.3, -0.25) is 0 Å². The highest BCUT2D eigenvalue weighted by Gasteiger charge is 2.21. The summed E-state index contributed by atoms with van der Waals surface area (Å²) in [6.07, 6.45) is 0.206. The van der Waals surface area contributed by atoms with Gasteiger partial charge in [0, 0.05) is 5.41 Å².